The zero-order valence-corrected chi connectivity index (χ0v) is 13.8. The monoisotopic (exact) mass is 351 g/mol. The fraction of sp³-hybridized carbons (Fsp3) is 0.562. The van der Waals surface area contributed by atoms with Gasteiger partial charge in [0, 0.05) is 5.56 Å². The minimum absolute atomic E-state index is 0.267. The lowest BCUT2D eigenvalue weighted by atomic mass is 9.69. The second-order valence-corrected chi connectivity index (χ2v) is 6.77. The standard InChI is InChI=1S/C16H18BrNO3/c1-10(2)13-11(16(18-9-19)4-3-5-16)8-12(17)14-15(13)21-7-6-20-14/h8,10H,3-7H2,1-2H3. The topological polar surface area (TPSA) is 47.9 Å². The van der Waals surface area contributed by atoms with Crippen LogP contribution in [0.15, 0.2) is 15.5 Å². The molecule has 1 aliphatic carbocycles. The van der Waals surface area contributed by atoms with Crippen LogP contribution in [0.5, 0.6) is 11.5 Å². The Morgan fingerprint density at radius 2 is 1.95 bits per heavy atom. The molecule has 0 radical (unpaired) electrons. The molecule has 0 bridgehead atoms. The highest BCUT2D eigenvalue weighted by Gasteiger charge is 2.43. The first kappa shape index (κ1) is 14.6. The molecule has 0 amide bonds. The van der Waals surface area contributed by atoms with Gasteiger partial charge in [0.2, 0.25) is 6.08 Å². The van der Waals surface area contributed by atoms with Gasteiger partial charge in [0.25, 0.3) is 0 Å². The first-order chi connectivity index (χ1) is 10.1. The van der Waals surface area contributed by atoms with Gasteiger partial charge in [-0.15, -0.1) is 0 Å². The average molecular weight is 352 g/mol. The number of halogens is 1. The molecule has 0 saturated heterocycles. The zero-order valence-electron chi connectivity index (χ0n) is 12.2. The van der Waals surface area contributed by atoms with Gasteiger partial charge in [0.1, 0.15) is 13.2 Å². The number of hydrogen-bond acceptors (Lipinski definition) is 4. The minimum Gasteiger partial charge on any atom is -0.486 e. The molecule has 0 aromatic heterocycles. The zero-order chi connectivity index (χ0) is 15.0. The van der Waals surface area contributed by atoms with E-state index in [1.807, 2.05) is 6.07 Å². The van der Waals surface area contributed by atoms with E-state index in [0.29, 0.717) is 13.2 Å². The van der Waals surface area contributed by atoms with Gasteiger partial charge in [-0.3, -0.25) is 0 Å². The van der Waals surface area contributed by atoms with Crippen molar-refractivity contribution in [3.05, 3.63) is 21.7 Å². The van der Waals surface area contributed by atoms with E-state index in [4.69, 9.17) is 9.47 Å². The number of aliphatic imine (C=N–C) groups is 1. The molecule has 112 valence electrons. The third-order valence-electron chi connectivity index (χ3n) is 4.32. The summed E-state index contributed by atoms with van der Waals surface area (Å²) in [5, 5.41) is 0. The van der Waals surface area contributed by atoms with Crippen molar-refractivity contribution >= 4 is 22.0 Å². The van der Waals surface area contributed by atoms with E-state index in [2.05, 4.69) is 34.8 Å². The van der Waals surface area contributed by atoms with Crippen LogP contribution in [-0.4, -0.2) is 19.3 Å². The van der Waals surface area contributed by atoms with E-state index in [9.17, 15) is 4.79 Å². The minimum atomic E-state index is -0.431. The van der Waals surface area contributed by atoms with Crippen LogP contribution in [0.4, 0.5) is 0 Å². The number of ether oxygens (including phenoxy) is 2. The second-order valence-electron chi connectivity index (χ2n) is 5.92. The van der Waals surface area contributed by atoms with Gasteiger partial charge in [-0.2, -0.15) is 4.99 Å². The Morgan fingerprint density at radius 1 is 1.29 bits per heavy atom. The lowest BCUT2D eigenvalue weighted by Crippen LogP contribution is -2.34. The lowest BCUT2D eigenvalue weighted by Gasteiger charge is -2.40. The summed E-state index contributed by atoms with van der Waals surface area (Å²) in [7, 11) is 0. The van der Waals surface area contributed by atoms with E-state index in [0.717, 1.165) is 46.4 Å². The number of hydrogen-bond donors (Lipinski definition) is 0. The van der Waals surface area contributed by atoms with Gasteiger partial charge in [-0.05, 0) is 52.7 Å². The summed E-state index contributed by atoms with van der Waals surface area (Å²) in [6.07, 6.45) is 4.61. The van der Waals surface area contributed by atoms with Gasteiger partial charge >= 0.3 is 0 Å². The van der Waals surface area contributed by atoms with Crippen LogP contribution >= 0.6 is 15.9 Å². The molecule has 0 unspecified atom stereocenters. The van der Waals surface area contributed by atoms with E-state index >= 15 is 0 Å². The number of rotatable bonds is 3. The molecule has 1 aromatic rings. The molecule has 1 aliphatic heterocycles. The molecule has 21 heavy (non-hydrogen) atoms. The SMILES string of the molecule is CC(C)c1c(C2(N=C=O)CCC2)cc(Br)c2c1OCCO2. The van der Waals surface area contributed by atoms with Crippen LogP contribution in [0.25, 0.3) is 0 Å². The van der Waals surface area contributed by atoms with Crippen molar-refractivity contribution in [1.29, 1.82) is 0 Å². The summed E-state index contributed by atoms with van der Waals surface area (Å²) in [4.78, 5) is 15.0. The van der Waals surface area contributed by atoms with Gasteiger partial charge in [0.05, 0.1) is 10.0 Å². The van der Waals surface area contributed by atoms with Crippen LogP contribution in [0.1, 0.15) is 50.2 Å². The van der Waals surface area contributed by atoms with Crippen LogP contribution in [-0.2, 0) is 10.3 Å². The van der Waals surface area contributed by atoms with Gasteiger partial charge < -0.3 is 9.47 Å². The fourth-order valence-corrected chi connectivity index (χ4v) is 3.71. The maximum Gasteiger partial charge on any atom is 0.235 e. The maximum absolute atomic E-state index is 10.9. The number of nitrogens with zero attached hydrogens (tertiary/aromatic N) is 1. The highest BCUT2D eigenvalue weighted by molar-refractivity contribution is 9.10. The normalized spacial score (nSPS) is 18.9. The molecule has 3 rings (SSSR count). The molecule has 1 aromatic carbocycles. The van der Waals surface area contributed by atoms with Crippen molar-refractivity contribution in [3.8, 4) is 11.5 Å². The van der Waals surface area contributed by atoms with E-state index in [-0.39, 0.29) is 5.92 Å². The number of carbonyl (C=O) groups excluding carboxylic acids is 1. The Kier molecular flexibility index (Phi) is 3.80. The first-order valence-corrected chi connectivity index (χ1v) is 8.10. The number of benzene rings is 1. The van der Waals surface area contributed by atoms with E-state index < -0.39 is 5.54 Å². The summed E-state index contributed by atoms with van der Waals surface area (Å²) >= 11 is 3.57. The molecule has 4 nitrogen and oxygen atoms in total. The summed E-state index contributed by atoms with van der Waals surface area (Å²) in [5.74, 6) is 1.83. The van der Waals surface area contributed by atoms with Crippen molar-refractivity contribution in [3.63, 3.8) is 0 Å². The van der Waals surface area contributed by atoms with Crippen LogP contribution in [0.3, 0.4) is 0 Å². The van der Waals surface area contributed by atoms with E-state index in [1.54, 1.807) is 6.08 Å². The maximum atomic E-state index is 10.9. The van der Waals surface area contributed by atoms with Crippen LogP contribution in [0.2, 0.25) is 0 Å². The largest absolute Gasteiger partial charge is 0.486 e. The molecule has 1 fully saturated rings. The number of isocyanates is 1. The Morgan fingerprint density at radius 3 is 2.48 bits per heavy atom. The molecule has 1 heterocycles. The summed E-state index contributed by atoms with van der Waals surface area (Å²) in [6.45, 7) is 5.36. The predicted molar refractivity (Wildman–Crippen MR) is 82.9 cm³/mol. The molecule has 2 aliphatic rings. The summed E-state index contributed by atoms with van der Waals surface area (Å²) in [6, 6.07) is 2.04. The second kappa shape index (κ2) is 5.47. The molecule has 0 atom stereocenters. The molecule has 0 spiro atoms. The van der Waals surface area contributed by atoms with Crippen molar-refractivity contribution in [1.82, 2.24) is 0 Å². The summed E-state index contributed by atoms with van der Waals surface area (Å²) in [5.41, 5.74) is 1.74. The third-order valence-corrected chi connectivity index (χ3v) is 4.91. The van der Waals surface area contributed by atoms with Gasteiger partial charge in [-0.1, -0.05) is 13.8 Å². The molecule has 1 saturated carbocycles. The predicted octanol–water partition coefficient (Wildman–Crippen LogP) is 4.06. The molecular weight excluding hydrogens is 334 g/mol. The Labute approximate surface area is 132 Å². The van der Waals surface area contributed by atoms with Crippen molar-refractivity contribution in [2.24, 2.45) is 4.99 Å². The quantitative estimate of drug-likeness (QED) is 0.609. The Bertz CT molecular complexity index is 616. The summed E-state index contributed by atoms with van der Waals surface area (Å²) < 4.78 is 12.5. The highest BCUT2D eigenvalue weighted by Crippen LogP contribution is 2.53. The molecule has 5 heteroatoms. The average Bonchev–Trinajstić information content (AvgIpc) is 2.42. The third kappa shape index (κ3) is 2.29. The molecule has 0 N–H and O–H groups in total. The van der Waals surface area contributed by atoms with E-state index in [1.165, 1.54) is 0 Å². The van der Waals surface area contributed by atoms with Crippen LogP contribution in [0, 0.1) is 0 Å². The van der Waals surface area contributed by atoms with Crippen molar-refractivity contribution in [2.75, 3.05) is 13.2 Å². The van der Waals surface area contributed by atoms with Crippen molar-refractivity contribution in [2.45, 2.75) is 44.6 Å². The van der Waals surface area contributed by atoms with Crippen molar-refractivity contribution < 1.29 is 14.3 Å². The van der Waals surface area contributed by atoms with Crippen LogP contribution < -0.4 is 9.47 Å². The highest BCUT2D eigenvalue weighted by atomic mass is 79.9. The Balaban J connectivity index is 2.25. The lowest BCUT2D eigenvalue weighted by molar-refractivity contribution is 0.166. The van der Waals surface area contributed by atoms with Gasteiger partial charge in [0.15, 0.2) is 11.5 Å². The first-order valence-electron chi connectivity index (χ1n) is 7.30. The molecular formula is C16H18BrNO3. The Hall–Kier alpha value is -1.32. The number of fused-ring (bicyclic) bond motifs is 1. The van der Waals surface area contributed by atoms with Gasteiger partial charge in [-0.25, -0.2) is 4.79 Å². The smallest absolute Gasteiger partial charge is 0.235 e. The fourth-order valence-electron chi connectivity index (χ4n) is 3.19.